The summed E-state index contributed by atoms with van der Waals surface area (Å²) in [6, 6.07) is 0. The molecule has 0 amide bonds. The maximum Gasteiger partial charge on any atom is 0.194 e. The van der Waals surface area contributed by atoms with Gasteiger partial charge in [0.05, 0.1) is 11.8 Å². The quantitative estimate of drug-likeness (QED) is 0.681. The third-order valence-corrected chi connectivity index (χ3v) is 2.26. The molecule has 0 saturated heterocycles. The van der Waals surface area contributed by atoms with Crippen molar-refractivity contribution in [2.24, 2.45) is 0 Å². The molecule has 0 radical (unpaired) electrons. The van der Waals surface area contributed by atoms with Gasteiger partial charge >= 0.3 is 0 Å². The Labute approximate surface area is 71.4 Å². The SMILES string of the molecule is CCc1nc2c(o1)CCC(O)C2. The van der Waals surface area contributed by atoms with Crippen molar-refractivity contribution in [3.05, 3.63) is 17.3 Å². The van der Waals surface area contributed by atoms with E-state index in [2.05, 4.69) is 4.98 Å². The molecule has 2 rings (SSSR count). The van der Waals surface area contributed by atoms with Crippen LogP contribution in [0.25, 0.3) is 0 Å². The van der Waals surface area contributed by atoms with Gasteiger partial charge in [-0.2, -0.15) is 0 Å². The van der Waals surface area contributed by atoms with E-state index in [-0.39, 0.29) is 6.10 Å². The molecule has 0 saturated carbocycles. The van der Waals surface area contributed by atoms with Gasteiger partial charge in [0.1, 0.15) is 5.76 Å². The van der Waals surface area contributed by atoms with Crippen LogP contribution in [0.15, 0.2) is 4.42 Å². The van der Waals surface area contributed by atoms with Crippen molar-refractivity contribution in [2.75, 3.05) is 0 Å². The Kier molecular flexibility index (Phi) is 1.89. The van der Waals surface area contributed by atoms with Crippen molar-refractivity contribution < 1.29 is 9.52 Å². The smallest absolute Gasteiger partial charge is 0.194 e. The van der Waals surface area contributed by atoms with E-state index < -0.39 is 0 Å². The lowest BCUT2D eigenvalue weighted by Gasteiger charge is -2.13. The molecule has 0 aromatic carbocycles. The zero-order valence-electron chi connectivity index (χ0n) is 7.21. The highest BCUT2D eigenvalue weighted by atomic mass is 16.4. The third kappa shape index (κ3) is 1.25. The van der Waals surface area contributed by atoms with Crippen LogP contribution < -0.4 is 0 Å². The van der Waals surface area contributed by atoms with E-state index in [1.165, 1.54) is 0 Å². The van der Waals surface area contributed by atoms with Gasteiger partial charge in [-0.25, -0.2) is 4.98 Å². The molecule has 0 bridgehead atoms. The Morgan fingerprint density at radius 3 is 3.25 bits per heavy atom. The number of hydrogen-bond donors (Lipinski definition) is 1. The van der Waals surface area contributed by atoms with E-state index in [1.54, 1.807) is 0 Å². The monoisotopic (exact) mass is 167 g/mol. The first kappa shape index (κ1) is 7.80. The molecule has 1 aromatic rings. The van der Waals surface area contributed by atoms with Gasteiger partial charge in [-0.3, -0.25) is 0 Å². The molecule has 1 N–H and O–H groups in total. The standard InChI is InChI=1S/C9H13NO2/c1-2-9-10-7-5-6(11)3-4-8(7)12-9/h6,11H,2-5H2,1H3. The van der Waals surface area contributed by atoms with Gasteiger partial charge in [-0.15, -0.1) is 0 Å². The minimum atomic E-state index is -0.215. The summed E-state index contributed by atoms with van der Waals surface area (Å²) in [4.78, 5) is 4.29. The molecule has 0 spiro atoms. The fourth-order valence-electron chi connectivity index (χ4n) is 1.57. The minimum Gasteiger partial charge on any atom is -0.445 e. The maximum atomic E-state index is 9.36. The summed E-state index contributed by atoms with van der Waals surface area (Å²) in [5.74, 6) is 1.78. The first-order valence-corrected chi connectivity index (χ1v) is 4.45. The molecule has 0 fully saturated rings. The second kappa shape index (κ2) is 2.90. The van der Waals surface area contributed by atoms with Gasteiger partial charge in [-0.1, -0.05) is 6.92 Å². The molecule has 1 atom stereocenters. The van der Waals surface area contributed by atoms with Crippen LogP contribution in [0.3, 0.4) is 0 Å². The average molecular weight is 167 g/mol. The largest absolute Gasteiger partial charge is 0.445 e. The van der Waals surface area contributed by atoms with Crippen molar-refractivity contribution in [1.82, 2.24) is 4.98 Å². The molecule has 1 aliphatic rings. The number of aromatic nitrogens is 1. The Hall–Kier alpha value is -0.830. The van der Waals surface area contributed by atoms with Crippen molar-refractivity contribution >= 4 is 0 Å². The van der Waals surface area contributed by atoms with Crippen molar-refractivity contribution in [3.63, 3.8) is 0 Å². The molecule has 3 heteroatoms. The molecule has 12 heavy (non-hydrogen) atoms. The summed E-state index contributed by atoms with van der Waals surface area (Å²) in [6.45, 7) is 2.02. The fourth-order valence-corrected chi connectivity index (χ4v) is 1.57. The molecule has 1 unspecified atom stereocenters. The third-order valence-electron chi connectivity index (χ3n) is 2.26. The van der Waals surface area contributed by atoms with Crippen molar-refractivity contribution in [3.8, 4) is 0 Å². The molecule has 3 nitrogen and oxygen atoms in total. The summed E-state index contributed by atoms with van der Waals surface area (Å²) in [5.41, 5.74) is 0.964. The zero-order chi connectivity index (χ0) is 8.55. The molecule has 1 heterocycles. The Bertz CT molecular complexity index is 280. The highest BCUT2D eigenvalue weighted by Crippen LogP contribution is 2.21. The van der Waals surface area contributed by atoms with Crippen molar-refractivity contribution in [2.45, 2.75) is 38.7 Å². The topological polar surface area (TPSA) is 46.3 Å². The average Bonchev–Trinajstić information content (AvgIpc) is 2.46. The number of fused-ring (bicyclic) bond motifs is 1. The van der Waals surface area contributed by atoms with E-state index >= 15 is 0 Å². The van der Waals surface area contributed by atoms with Crippen LogP contribution in [0, 0.1) is 0 Å². The predicted molar refractivity (Wildman–Crippen MR) is 43.9 cm³/mol. The lowest BCUT2D eigenvalue weighted by Crippen LogP contribution is -2.17. The number of nitrogens with zero attached hydrogens (tertiary/aromatic N) is 1. The van der Waals surface area contributed by atoms with E-state index in [4.69, 9.17) is 4.42 Å². The molecular formula is C9H13NO2. The second-order valence-electron chi connectivity index (χ2n) is 3.23. The Balaban J connectivity index is 2.28. The highest BCUT2D eigenvalue weighted by molar-refractivity contribution is 5.14. The summed E-state index contributed by atoms with van der Waals surface area (Å²) < 4.78 is 5.48. The number of aliphatic hydroxyl groups excluding tert-OH is 1. The molecule has 0 aliphatic heterocycles. The van der Waals surface area contributed by atoms with E-state index in [9.17, 15) is 5.11 Å². The summed E-state index contributed by atoms with van der Waals surface area (Å²) in [7, 11) is 0. The van der Waals surface area contributed by atoms with E-state index in [1.807, 2.05) is 6.92 Å². The maximum absolute atomic E-state index is 9.36. The van der Waals surface area contributed by atoms with Gasteiger partial charge < -0.3 is 9.52 Å². The lowest BCUT2D eigenvalue weighted by molar-refractivity contribution is 0.153. The summed E-state index contributed by atoms with van der Waals surface area (Å²) >= 11 is 0. The lowest BCUT2D eigenvalue weighted by atomic mass is 9.99. The number of hydrogen-bond acceptors (Lipinski definition) is 3. The van der Waals surface area contributed by atoms with Crippen LogP contribution in [0.5, 0.6) is 0 Å². The highest BCUT2D eigenvalue weighted by Gasteiger charge is 2.21. The van der Waals surface area contributed by atoms with Gasteiger partial charge in [-0.05, 0) is 6.42 Å². The van der Waals surface area contributed by atoms with Crippen LogP contribution in [0.4, 0.5) is 0 Å². The normalized spacial score (nSPS) is 22.3. The first-order chi connectivity index (χ1) is 5.79. The number of rotatable bonds is 1. The van der Waals surface area contributed by atoms with Gasteiger partial charge in [0.25, 0.3) is 0 Å². The molecular weight excluding hydrogens is 154 g/mol. The van der Waals surface area contributed by atoms with Gasteiger partial charge in [0.15, 0.2) is 5.89 Å². The molecule has 66 valence electrons. The van der Waals surface area contributed by atoms with Gasteiger partial charge in [0, 0.05) is 19.3 Å². The van der Waals surface area contributed by atoms with Crippen LogP contribution >= 0.6 is 0 Å². The predicted octanol–water partition coefficient (Wildman–Crippen LogP) is 1.09. The summed E-state index contributed by atoms with van der Waals surface area (Å²) in [5, 5.41) is 9.36. The number of aliphatic hydroxyl groups is 1. The molecule has 1 aliphatic carbocycles. The Morgan fingerprint density at radius 1 is 1.67 bits per heavy atom. The minimum absolute atomic E-state index is 0.215. The first-order valence-electron chi connectivity index (χ1n) is 4.45. The van der Waals surface area contributed by atoms with Crippen molar-refractivity contribution in [1.29, 1.82) is 0 Å². The van der Waals surface area contributed by atoms with E-state index in [0.717, 1.165) is 36.6 Å². The molecule has 1 aromatic heterocycles. The fraction of sp³-hybridized carbons (Fsp3) is 0.667. The number of aryl methyl sites for hydroxylation is 2. The van der Waals surface area contributed by atoms with Crippen LogP contribution in [0.1, 0.15) is 30.7 Å². The number of oxazole rings is 1. The van der Waals surface area contributed by atoms with E-state index in [0.29, 0.717) is 6.42 Å². The van der Waals surface area contributed by atoms with Crippen LogP contribution in [-0.2, 0) is 19.3 Å². The van der Waals surface area contributed by atoms with Crippen LogP contribution in [-0.4, -0.2) is 16.2 Å². The summed E-state index contributed by atoms with van der Waals surface area (Å²) in [6.07, 6.45) is 2.93. The zero-order valence-corrected chi connectivity index (χ0v) is 7.21. The van der Waals surface area contributed by atoms with Gasteiger partial charge in [0.2, 0.25) is 0 Å². The van der Waals surface area contributed by atoms with Crippen LogP contribution in [0.2, 0.25) is 0 Å². The second-order valence-corrected chi connectivity index (χ2v) is 3.23. The Morgan fingerprint density at radius 2 is 2.50 bits per heavy atom.